The fourth-order valence-corrected chi connectivity index (χ4v) is 3.64. The molecule has 1 aliphatic heterocycles. The van der Waals surface area contributed by atoms with Crippen molar-refractivity contribution in [3.63, 3.8) is 0 Å². The Balaban J connectivity index is 1.90. The first kappa shape index (κ1) is 25.5. The summed E-state index contributed by atoms with van der Waals surface area (Å²) in [5.41, 5.74) is 2.25. The van der Waals surface area contributed by atoms with E-state index < -0.39 is 0 Å². The van der Waals surface area contributed by atoms with Gasteiger partial charge in [0.2, 0.25) is 11.8 Å². The molecule has 0 spiro atoms. The van der Waals surface area contributed by atoms with Crippen LogP contribution in [0.5, 0.6) is 0 Å². The summed E-state index contributed by atoms with van der Waals surface area (Å²) in [6, 6.07) is 3.68. The summed E-state index contributed by atoms with van der Waals surface area (Å²) in [6.07, 6.45) is 6.25. The number of likely N-dealkylation sites (tertiary alicyclic amines) is 1. The van der Waals surface area contributed by atoms with E-state index in [9.17, 15) is 14.4 Å². The average Bonchev–Trinajstić information content (AvgIpc) is 2.81. The first-order valence-corrected chi connectivity index (χ1v) is 11.4. The minimum Gasteiger partial charge on any atom is -0.380 e. The van der Waals surface area contributed by atoms with Crippen LogP contribution in [0.15, 0.2) is 24.3 Å². The Hall–Kier alpha value is -2.74. The molecule has 32 heavy (non-hydrogen) atoms. The van der Waals surface area contributed by atoms with E-state index in [2.05, 4.69) is 15.6 Å². The van der Waals surface area contributed by atoms with Crippen molar-refractivity contribution < 1.29 is 19.1 Å². The molecule has 0 atom stereocenters. The summed E-state index contributed by atoms with van der Waals surface area (Å²) in [5, 5.41) is 5.58. The molecule has 1 fully saturated rings. The van der Waals surface area contributed by atoms with Gasteiger partial charge >= 0.3 is 0 Å². The molecule has 2 heterocycles. The zero-order valence-corrected chi connectivity index (χ0v) is 19.5. The van der Waals surface area contributed by atoms with Crippen molar-refractivity contribution in [3.05, 3.63) is 41.2 Å². The minimum atomic E-state index is -0.161. The van der Waals surface area contributed by atoms with Crippen molar-refractivity contribution in [2.75, 3.05) is 39.4 Å². The maximum absolute atomic E-state index is 12.7. The number of hydrogen-bond acceptors (Lipinski definition) is 5. The molecule has 1 saturated heterocycles. The molecule has 3 amide bonds. The van der Waals surface area contributed by atoms with Crippen LogP contribution >= 0.6 is 0 Å². The number of ether oxygens (including phenoxy) is 1. The maximum atomic E-state index is 12.7. The number of rotatable bonds is 11. The van der Waals surface area contributed by atoms with Crippen LogP contribution in [0.2, 0.25) is 0 Å². The average molecular weight is 445 g/mol. The Bertz CT molecular complexity index is 801. The molecular weight excluding hydrogens is 408 g/mol. The number of amides is 3. The van der Waals surface area contributed by atoms with Crippen LogP contribution in [-0.2, 0) is 14.3 Å². The van der Waals surface area contributed by atoms with Crippen LogP contribution in [0, 0.1) is 6.92 Å². The predicted molar refractivity (Wildman–Crippen MR) is 123 cm³/mol. The molecule has 2 N–H and O–H groups in total. The van der Waals surface area contributed by atoms with Gasteiger partial charge in [0.1, 0.15) is 0 Å². The molecule has 1 aliphatic rings. The maximum Gasteiger partial charge on any atom is 0.253 e. The zero-order valence-electron chi connectivity index (χ0n) is 19.5. The molecule has 0 radical (unpaired) electrons. The van der Waals surface area contributed by atoms with Gasteiger partial charge in [-0.2, -0.15) is 0 Å². The molecular formula is C24H36N4O4. The topological polar surface area (TPSA) is 101 Å². The van der Waals surface area contributed by atoms with E-state index in [4.69, 9.17) is 4.74 Å². The summed E-state index contributed by atoms with van der Waals surface area (Å²) in [6.45, 7) is 8.61. The Morgan fingerprint density at radius 2 is 1.94 bits per heavy atom. The number of pyridine rings is 1. The largest absolute Gasteiger partial charge is 0.380 e. The van der Waals surface area contributed by atoms with E-state index in [1.54, 1.807) is 17.1 Å². The van der Waals surface area contributed by atoms with Gasteiger partial charge in [-0.05, 0) is 45.2 Å². The van der Waals surface area contributed by atoms with Crippen molar-refractivity contribution in [3.8, 4) is 0 Å². The third-order valence-corrected chi connectivity index (χ3v) is 5.40. The molecule has 8 heteroatoms. The van der Waals surface area contributed by atoms with E-state index in [0.29, 0.717) is 38.4 Å². The summed E-state index contributed by atoms with van der Waals surface area (Å²) < 4.78 is 5.43. The number of nitrogens with zero attached hydrogens (tertiary/aromatic N) is 2. The third kappa shape index (κ3) is 8.07. The van der Waals surface area contributed by atoms with Gasteiger partial charge < -0.3 is 20.3 Å². The third-order valence-electron chi connectivity index (χ3n) is 5.40. The van der Waals surface area contributed by atoms with Gasteiger partial charge in [0.25, 0.3) is 5.91 Å². The summed E-state index contributed by atoms with van der Waals surface area (Å²) >= 11 is 0. The standard InChI is InChI=1S/C24H36N4O4/c1-4-6-7-21(29)26-17-22(30)28-13-10-19(11-14-28)23-20(9-8-18(3)27-23)24(31)25-12-16-32-15-5-2/h4,6,8-9,19H,5,7,10-17H2,1-3H3,(H,25,31)(H,26,29). The van der Waals surface area contributed by atoms with Gasteiger partial charge in [-0.15, -0.1) is 0 Å². The predicted octanol–water partition coefficient (Wildman–Crippen LogP) is 2.33. The molecule has 0 unspecified atom stereocenters. The van der Waals surface area contributed by atoms with Crippen molar-refractivity contribution in [1.82, 2.24) is 20.5 Å². The lowest BCUT2D eigenvalue weighted by atomic mass is 9.89. The van der Waals surface area contributed by atoms with Crippen molar-refractivity contribution >= 4 is 17.7 Å². The Kier molecular flexibility index (Phi) is 10.9. The highest BCUT2D eigenvalue weighted by molar-refractivity contribution is 5.95. The fourth-order valence-electron chi connectivity index (χ4n) is 3.64. The van der Waals surface area contributed by atoms with Crippen LogP contribution in [0.1, 0.15) is 67.2 Å². The second-order valence-corrected chi connectivity index (χ2v) is 7.96. The molecule has 176 valence electrons. The van der Waals surface area contributed by atoms with E-state index in [1.165, 1.54) is 0 Å². The molecule has 1 aromatic rings. The van der Waals surface area contributed by atoms with E-state index in [0.717, 1.165) is 30.7 Å². The molecule has 0 aliphatic carbocycles. The summed E-state index contributed by atoms with van der Waals surface area (Å²) in [7, 11) is 0. The second kappa shape index (κ2) is 13.6. The Labute approximate surface area is 190 Å². The van der Waals surface area contributed by atoms with Gasteiger partial charge in [-0.25, -0.2) is 0 Å². The van der Waals surface area contributed by atoms with Gasteiger partial charge in [0.15, 0.2) is 0 Å². The van der Waals surface area contributed by atoms with Crippen LogP contribution in [-0.4, -0.2) is 67.0 Å². The van der Waals surface area contributed by atoms with E-state index in [-0.39, 0.29) is 36.6 Å². The van der Waals surface area contributed by atoms with Gasteiger partial charge in [0, 0.05) is 44.3 Å². The Morgan fingerprint density at radius 3 is 2.62 bits per heavy atom. The number of carbonyl (C=O) groups excluding carboxylic acids is 3. The first-order valence-electron chi connectivity index (χ1n) is 11.4. The van der Waals surface area contributed by atoms with Crippen LogP contribution in [0.3, 0.4) is 0 Å². The van der Waals surface area contributed by atoms with Gasteiger partial charge in [0.05, 0.1) is 24.4 Å². The van der Waals surface area contributed by atoms with Crippen LogP contribution < -0.4 is 10.6 Å². The number of aryl methyl sites for hydroxylation is 1. The van der Waals surface area contributed by atoms with Crippen molar-refractivity contribution in [2.45, 2.75) is 52.4 Å². The second-order valence-electron chi connectivity index (χ2n) is 7.96. The number of nitrogens with one attached hydrogen (secondary N) is 2. The summed E-state index contributed by atoms with van der Waals surface area (Å²) in [5.74, 6) is -0.277. The highest BCUT2D eigenvalue weighted by Gasteiger charge is 2.28. The number of carbonyl (C=O) groups is 3. The lowest BCUT2D eigenvalue weighted by Gasteiger charge is -2.32. The quantitative estimate of drug-likeness (QED) is 0.403. The minimum absolute atomic E-state index is 0.0114. The summed E-state index contributed by atoms with van der Waals surface area (Å²) in [4.78, 5) is 43.3. The Morgan fingerprint density at radius 1 is 1.19 bits per heavy atom. The SMILES string of the molecule is CC=CCC(=O)NCC(=O)N1CCC(c2nc(C)ccc2C(=O)NCCOCCC)CC1. The van der Waals surface area contributed by atoms with Crippen LogP contribution in [0.4, 0.5) is 0 Å². The number of hydrogen-bond donors (Lipinski definition) is 2. The number of piperidine rings is 1. The highest BCUT2D eigenvalue weighted by atomic mass is 16.5. The highest BCUT2D eigenvalue weighted by Crippen LogP contribution is 2.29. The molecule has 0 saturated carbocycles. The lowest BCUT2D eigenvalue weighted by Crippen LogP contribution is -2.44. The smallest absolute Gasteiger partial charge is 0.253 e. The molecule has 0 aromatic carbocycles. The molecule has 0 bridgehead atoms. The lowest BCUT2D eigenvalue weighted by molar-refractivity contribution is -0.133. The number of allylic oxidation sites excluding steroid dienone is 1. The van der Waals surface area contributed by atoms with Crippen molar-refractivity contribution in [1.29, 1.82) is 0 Å². The van der Waals surface area contributed by atoms with E-state index in [1.807, 2.05) is 32.9 Å². The fraction of sp³-hybridized carbons (Fsp3) is 0.583. The van der Waals surface area contributed by atoms with Crippen molar-refractivity contribution in [2.24, 2.45) is 0 Å². The normalized spacial score (nSPS) is 14.5. The van der Waals surface area contributed by atoms with Crippen LogP contribution in [0.25, 0.3) is 0 Å². The monoisotopic (exact) mass is 444 g/mol. The molecule has 1 aromatic heterocycles. The first-order chi connectivity index (χ1) is 15.5. The van der Waals surface area contributed by atoms with Gasteiger partial charge in [-0.1, -0.05) is 19.1 Å². The van der Waals surface area contributed by atoms with Gasteiger partial charge in [-0.3, -0.25) is 19.4 Å². The number of aromatic nitrogens is 1. The molecule has 8 nitrogen and oxygen atoms in total. The molecule has 2 rings (SSSR count). The van der Waals surface area contributed by atoms with E-state index >= 15 is 0 Å². The zero-order chi connectivity index (χ0) is 23.3.